The Labute approximate surface area is 89.0 Å². The Hall–Kier alpha value is -1.84. The van der Waals surface area contributed by atoms with Crippen molar-refractivity contribution in [1.29, 1.82) is 0 Å². The molecule has 2 aromatic heterocycles. The molecule has 0 bridgehead atoms. The van der Waals surface area contributed by atoms with Gasteiger partial charge in [-0.2, -0.15) is 0 Å². The first-order valence-electron chi connectivity index (χ1n) is 4.97. The predicted octanol–water partition coefficient (Wildman–Crippen LogP) is 1.47. The lowest BCUT2D eigenvalue weighted by Gasteiger charge is -2.04. The van der Waals surface area contributed by atoms with Crippen LogP contribution in [0.5, 0.6) is 0 Å². The quantitative estimate of drug-likeness (QED) is 0.816. The fourth-order valence-corrected chi connectivity index (χ4v) is 1.41. The van der Waals surface area contributed by atoms with Gasteiger partial charge in [-0.15, -0.1) is 0 Å². The monoisotopic (exact) mass is 202 g/mol. The predicted molar refractivity (Wildman–Crippen MR) is 59.6 cm³/mol. The molecule has 0 radical (unpaired) electrons. The summed E-state index contributed by atoms with van der Waals surface area (Å²) in [6.07, 6.45) is 6.45. The number of aryl methyl sites for hydroxylation is 1. The van der Waals surface area contributed by atoms with E-state index >= 15 is 0 Å². The molecule has 2 heterocycles. The molecule has 0 saturated heterocycles. The molecule has 1 N–H and O–H groups in total. The lowest BCUT2D eigenvalue weighted by Crippen LogP contribution is -2.09. The first-order valence-corrected chi connectivity index (χ1v) is 4.97. The van der Waals surface area contributed by atoms with E-state index in [9.17, 15) is 0 Å². The molecule has 2 aromatic rings. The van der Waals surface area contributed by atoms with Crippen molar-refractivity contribution in [1.82, 2.24) is 14.5 Å². The molecule has 0 atom stereocenters. The summed E-state index contributed by atoms with van der Waals surface area (Å²) in [4.78, 5) is 8.43. The second-order valence-electron chi connectivity index (χ2n) is 3.35. The number of nitrogens with one attached hydrogen (secondary N) is 1. The Kier molecular flexibility index (Phi) is 2.97. The molecule has 0 aliphatic heterocycles. The van der Waals surface area contributed by atoms with Gasteiger partial charge < -0.3 is 9.88 Å². The molecule has 15 heavy (non-hydrogen) atoms. The van der Waals surface area contributed by atoms with Crippen LogP contribution < -0.4 is 5.32 Å². The molecule has 0 amide bonds. The zero-order valence-electron chi connectivity index (χ0n) is 8.72. The lowest BCUT2D eigenvalue weighted by molar-refractivity contribution is 0.788. The third kappa shape index (κ3) is 2.56. The van der Waals surface area contributed by atoms with Gasteiger partial charge in [0.2, 0.25) is 0 Å². The highest BCUT2D eigenvalue weighted by molar-refractivity contribution is 5.32. The summed E-state index contributed by atoms with van der Waals surface area (Å²) in [7, 11) is 2.00. The van der Waals surface area contributed by atoms with Crippen molar-refractivity contribution >= 4 is 5.82 Å². The second kappa shape index (κ2) is 4.59. The van der Waals surface area contributed by atoms with Crippen molar-refractivity contribution in [3.63, 3.8) is 0 Å². The molecule has 0 aromatic carbocycles. The zero-order valence-corrected chi connectivity index (χ0v) is 8.72. The SMILES string of the molecule is Cn1ccnc1CCNc1ccccn1. The number of aromatic nitrogens is 3. The van der Waals surface area contributed by atoms with Crippen LogP contribution in [-0.2, 0) is 13.5 Å². The minimum Gasteiger partial charge on any atom is -0.370 e. The summed E-state index contributed by atoms with van der Waals surface area (Å²) in [6, 6.07) is 5.83. The molecule has 0 aliphatic rings. The van der Waals surface area contributed by atoms with Gasteiger partial charge >= 0.3 is 0 Å². The van der Waals surface area contributed by atoms with Gasteiger partial charge in [0.1, 0.15) is 11.6 Å². The number of hydrogen-bond donors (Lipinski definition) is 1. The van der Waals surface area contributed by atoms with Crippen LogP contribution in [0.2, 0.25) is 0 Å². The number of anilines is 1. The van der Waals surface area contributed by atoms with Crippen molar-refractivity contribution in [2.75, 3.05) is 11.9 Å². The summed E-state index contributed by atoms with van der Waals surface area (Å²) in [5.74, 6) is 1.99. The standard InChI is InChI=1S/C11H14N4/c1-15-9-8-14-11(15)5-7-13-10-4-2-3-6-12-10/h2-4,6,8-9H,5,7H2,1H3,(H,12,13). The van der Waals surface area contributed by atoms with Crippen LogP contribution in [0, 0.1) is 0 Å². The number of hydrogen-bond acceptors (Lipinski definition) is 3. The summed E-state index contributed by atoms with van der Waals surface area (Å²) in [5, 5.41) is 3.25. The third-order valence-corrected chi connectivity index (χ3v) is 2.24. The van der Waals surface area contributed by atoms with E-state index in [1.807, 2.05) is 42.2 Å². The van der Waals surface area contributed by atoms with Crippen molar-refractivity contribution in [2.24, 2.45) is 7.05 Å². The van der Waals surface area contributed by atoms with Gasteiger partial charge in [-0.1, -0.05) is 6.07 Å². The lowest BCUT2D eigenvalue weighted by atomic mass is 10.4. The summed E-state index contributed by atoms with van der Waals surface area (Å²) in [5.41, 5.74) is 0. The molecule has 4 heteroatoms. The Morgan fingerprint density at radius 1 is 1.27 bits per heavy atom. The van der Waals surface area contributed by atoms with Crippen molar-refractivity contribution in [3.8, 4) is 0 Å². The molecule has 0 unspecified atom stereocenters. The van der Waals surface area contributed by atoms with Crippen LogP contribution in [0.4, 0.5) is 5.82 Å². The van der Waals surface area contributed by atoms with Gasteiger partial charge in [-0.25, -0.2) is 9.97 Å². The highest BCUT2D eigenvalue weighted by atomic mass is 15.0. The molecule has 0 spiro atoms. The first kappa shape index (κ1) is 9.71. The minimum absolute atomic E-state index is 0.849. The second-order valence-corrected chi connectivity index (χ2v) is 3.35. The van der Waals surface area contributed by atoms with Crippen molar-refractivity contribution in [3.05, 3.63) is 42.6 Å². The fraction of sp³-hybridized carbons (Fsp3) is 0.273. The number of nitrogens with zero attached hydrogens (tertiary/aromatic N) is 3. The Morgan fingerprint density at radius 3 is 2.87 bits per heavy atom. The topological polar surface area (TPSA) is 42.7 Å². The van der Waals surface area contributed by atoms with E-state index in [0.29, 0.717) is 0 Å². The molecular weight excluding hydrogens is 188 g/mol. The van der Waals surface area contributed by atoms with Gasteiger partial charge in [0.15, 0.2) is 0 Å². The smallest absolute Gasteiger partial charge is 0.125 e. The van der Waals surface area contributed by atoms with Gasteiger partial charge in [0, 0.05) is 38.6 Å². The summed E-state index contributed by atoms with van der Waals surface area (Å²) < 4.78 is 2.03. The van der Waals surface area contributed by atoms with Crippen molar-refractivity contribution < 1.29 is 0 Å². The Bertz CT molecular complexity index is 408. The molecule has 78 valence electrons. The van der Waals surface area contributed by atoms with Crippen LogP contribution in [0.3, 0.4) is 0 Å². The van der Waals surface area contributed by atoms with Gasteiger partial charge in [0.25, 0.3) is 0 Å². The maximum Gasteiger partial charge on any atom is 0.125 e. The molecule has 2 rings (SSSR count). The molecule has 4 nitrogen and oxygen atoms in total. The number of imidazole rings is 1. The van der Waals surface area contributed by atoms with Gasteiger partial charge in [0.05, 0.1) is 0 Å². The van der Waals surface area contributed by atoms with E-state index < -0.39 is 0 Å². The van der Waals surface area contributed by atoms with E-state index in [-0.39, 0.29) is 0 Å². The van der Waals surface area contributed by atoms with Gasteiger partial charge in [-0.05, 0) is 12.1 Å². The van der Waals surface area contributed by atoms with Crippen molar-refractivity contribution in [2.45, 2.75) is 6.42 Å². The Balaban J connectivity index is 1.83. The van der Waals surface area contributed by atoms with Crippen LogP contribution in [0.25, 0.3) is 0 Å². The molecule has 0 aliphatic carbocycles. The Morgan fingerprint density at radius 2 is 2.20 bits per heavy atom. The minimum atomic E-state index is 0.849. The molecule has 0 saturated carbocycles. The maximum absolute atomic E-state index is 4.25. The van der Waals surface area contributed by atoms with Crippen LogP contribution >= 0.6 is 0 Å². The largest absolute Gasteiger partial charge is 0.370 e. The maximum atomic E-state index is 4.25. The first-order chi connectivity index (χ1) is 7.36. The average molecular weight is 202 g/mol. The normalized spacial score (nSPS) is 10.2. The third-order valence-electron chi connectivity index (χ3n) is 2.24. The number of pyridine rings is 1. The highest BCUT2D eigenvalue weighted by Gasteiger charge is 1.98. The van der Waals surface area contributed by atoms with Crippen LogP contribution in [0.15, 0.2) is 36.8 Å². The summed E-state index contributed by atoms with van der Waals surface area (Å²) >= 11 is 0. The van der Waals surface area contributed by atoms with E-state index in [2.05, 4.69) is 15.3 Å². The zero-order chi connectivity index (χ0) is 10.5. The fourth-order valence-electron chi connectivity index (χ4n) is 1.41. The van der Waals surface area contributed by atoms with Gasteiger partial charge in [-0.3, -0.25) is 0 Å². The summed E-state index contributed by atoms with van der Waals surface area (Å²) in [6.45, 7) is 0.849. The van der Waals surface area contributed by atoms with Crippen LogP contribution in [0.1, 0.15) is 5.82 Å². The van der Waals surface area contributed by atoms with E-state index in [0.717, 1.165) is 24.6 Å². The number of rotatable bonds is 4. The average Bonchev–Trinajstić information content (AvgIpc) is 2.66. The van der Waals surface area contributed by atoms with Crippen LogP contribution in [-0.4, -0.2) is 21.1 Å². The van der Waals surface area contributed by atoms with E-state index in [1.165, 1.54) is 0 Å². The van der Waals surface area contributed by atoms with E-state index in [4.69, 9.17) is 0 Å². The molecular formula is C11H14N4. The molecule has 0 fully saturated rings. The van der Waals surface area contributed by atoms with E-state index in [1.54, 1.807) is 6.20 Å². The highest BCUT2D eigenvalue weighted by Crippen LogP contribution is 2.01.